The molecule has 3 nitrogen and oxygen atoms in total. The highest BCUT2D eigenvalue weighted by atomic mass is 35.5. The minimum Gasteiger partial charge on any atom is -0.325 e. The molecule has 1 N–H and O–H groups in total. The summed E-state index contributed by atoms with van der Waals surface area (Å²) in [5, 5.41) is 3.75. The van der Waals surface area contributed by atoms with Gasteiger partial charge in [-0.25, -0.2) is 0 Å². The molecule has 4 fully saturated rings. The Hall–Kier alpha value is -1.06. The summed E-state index contributed by atoms with van der Waals surface area (Å²) >= 11 is 6.15. The van der Waals surface area contributed by atoms with Crippen molar-refractivity contribution in [3.05, 3.63) is 28.8 Å². The van der Waals surface area contributed by atoms with E-state index in [0.717, 1.165) is 29.0 Å². The van der Waals surface area contributed by atoms with Crippen LogP contribution in [0.15, 0.2) is 18.2 Å². The Kier molecular flexibility index (Phi) is 4.12. The highest BCUT2D eigenvalue weighted by Gasteiger charge is 2.52. The van der Waals surface area contributed by atoms with Crippen molar-refractivity contribution >= 4 is 23.2 Å². The maximum absolute atomic E-state index is 12.6. The molecule has 1 aromatic rings. The van der Waals surface area contributed by atoms with Crippen molar-refractivity contribution in [2.24, 2.45) is 17.8 Å². The van der Waals surface area contributed by atoms with E-state index >= 15 is 0 Å². The molecule has 0 spiro atoms. The lowest BCUT2D eigenvalue weighted by Crippen LogP contribution is -2.59. The van der Waals surface area contributed by atoms with Crippen LogP contribution in [0.1, 0.15) is 44.1 Å². The van der Waals surface area contributed by atoms with Crippen LogP contribution >= 0.6 is 11.6 Å². The second-order valence-corrected chi connectivity index (χ2v) is 8.87. The summed E-state index contributed by atoms with van der Waals surface area (Å²) in [5.41, 5.74) is 2.03. The van der Waals surface area contributed by atoms with Crippen LogP contribution in [0.2, 0.25) is 5.02 Å². The maximum Gasteiger partial charge on any atom is 0.238 e. The van der Waals surface area contributed by atoms with Gasteiger partial charge in [-0.05, 0) is 87.9 Å². The zero-order valence-corrected chi connectivity index (χ0v) is 15.4. The molecule has 0 aromatic heterocycles. The summed E-state index contributed by atoms with van der Waals surface area (Å²) < 4.78 is 0. The van der Waals surface area contributed by atoms with Crippen molar-refractivity contribution in [1.29, 1.82) is 0 Å². The minimum atomic E-state index is 0.0682. The molecule has 0 unspecified atom stereocenters. The fourth-order valence-corrected chi connectivity index (χ4v) is 6.02. The molecular formula is C20H27ClN2O. The van der Waals surface area contributed by atoms with E-state index in [2.05, 4.69) is 17.3 Å². The largest absolute Gasteiger partial charge is 0.325 e. The number of amides is 1. The van der Waals surface area contributed by atoms with E-state index in [-0.39, 0.29) is 11.4 Å². The third-order valence-corrected chi connectivity index (χ3v) is 7.15. The first kappa shape index (κ1) is 16.4. The van der Waals surface area contributed by atoms with Crippen LogP contribution in [0.4, 0.5) is 5.69 Å². The molecule has 4 aliphatic rings. The second kappa shape index (κ2) is 6.03. The number of halogens is 1. The van der Waals surface area contributed by atoms with Crippen LogP contribution in [0, 0.1) is 24.7 Å². The number of nitrogens with zero attached hydrogens (tertiary/aromatic N) is 1. The predicted molar refractivity (Wildman–Crippen MR) is 98.4 cm³/mol. The first-order chi connectivity index (χ1) is 11.4. The molecule has 0 radical (unpaired) electrons. The molecule has 4 bridgehead atoms. The number of anilines is 1. The molecule has 0 aliphatic heterocycles. The summed E-state index contributed by atoms with van der Waals surface area (Å²) in [6.45, 7) is 2.42. The van der Waals surface area contributed by atoms with E-state index < -0.39 is 0 Å². The van der Waals surface area contributed by atoms with Crippen LogP contribution in [0.3, 0.4) is 0 Å². The third kappa shape index (κ3) is 2.86. The zero-order valence-electron chi connectivity index (χ0n) is 14.6. The maximum atomic E-state index is 12.6. The van der Waals surface area contributed by atoms with Gasteiger partial charge in [0.2, 0.25) is 5.91 Å². The first-order valence-electron chi connectivity index (χ1n) is 9.21. The van der Waals surface area contributed by atoms with Gasteiger partial charge in [-0.3, -0.25) is 9.69 Å². The Morgan fingerprint density at radius 2 is 1.79 bits per heavy atom. The fraction of sp³-hybridized carbons (Fsp3) is 0.650. The number of nitrogens with one attached hydrogen (secondary N) is 1. The van der Waals surface area contributed by atoms with Gasteiger partial charge in [0.05, 0.1) is 6.54 Å². The second-order valence-electron chi connectivity index (χ2n) is 8.46. The molecule has 1 amide bonds. The van der Waals surface area contributed by atoms with Crippen molar-refractivity contribution in [3.63, 3.8) is 0 Å². The molecule has 0 saturated heterocycles. The predicted octanol–water partition coefficient (Wildman–Crippen LogP) is 4.49. The van der Waals surface area contributed by atoms with Gasteiger partial charge in [0.25, 0.3) is 0 Å². The summed E-state index contributed by atoms with van der Waals surface area (Å²) in [4.78, 5) is 14.9. The lowest BCUT2D eigenvalue weighted by atomic mass is 9.52. The topological polar surface area (TPSA) is 32.3 Å². The summed E-state index contributed by atoms with van der Waals surface area (Å²) in [5.74, 6) is 2.77. The zero-order chi connectivity index (χ0) is 16.9. The van der Waals surface area contributed by atoms with Crippen LogP contribution in [0.25, 0.3) is 0 Å². The van der Waals surface area contributed by atoms with Gasteiger partial charge < -0.3 is 5.32 Å². The van der Waals surface area contributed by atoms with Crippen LogP contribution < -0.4 is 5.32 Å². The van der Waals surface area contributed by atoms with E-state index in [1.807, 2.05) is 25.1 Å². The average Bonchev–Trinajstić information content (AvgIpc) is 2.50. The molecule has 4 saturated carbocycles. The lowest BCUT2D eigenvalue weighted by molar-refractivity contribution is -0.123. The monoisotopic (exact) mass is 346 g/mol. The Morgan fingerprint density at radius 3 is 2.38 bits per heavy atom. The minimum absolute atomic E-state index is 0.0682. The van der Waals surface area contributed by atoms with Gasteiger partial charge in [0.1, 0.15) is 0 Å². The quantitative estimate of drug-likeness (QED) is 0.871. The van der Waals surface area contributed by atoms with Gasteiger partial charge >= 0.3 is 0 Å². The Labute approximate surface area is 149 Å². The van der Waals surface area contributed by atoms with Gasteiger partial charge in [0.15, 0.2) is 0 Å². The number of carbonyl (C=O) groups excluding carboxylic acids is 1. The van der Waals surface area contributed by atoms with Crippen molar-refractivity contribution in [2.45, 2.75) is 51.0 Å². The molecule has 130 valence electrons. The van der Waals surface area contributed by atoms with Gasteiger partial charge in [-0.1, -0.05) is 17.7 Å². The number of likely N-dealkylation sites (N-methyl/N-ethyl adjacent to an activating group) is 1. The summed E-state index contributed by atoms with van der Waals surface area (Å²) in [7, 11) is 2.15. The van der Waals surface area contributed by atoms with Gasteiger partial charge in [-0.15, -0.1) is 0 Å². The Bertz CT molecular complexity index is 622. The Balaban J connectivity index is 1.43. The van der Waals surface area contributed by atoms with Crippen molar-refractivity contribution in [1.82, 2.24) is 4.90 Å². The fourth-order valence-electron chi connectivity index (χ4n) is 5.85. The Morgan fingerprint density at radius 1 is 1.21 bits per heavy atom. The van der Waals surface area contributed by atoms with Crippen LogP contribution in [-0.4, -0.2) is 29.9 Å². The number of hydrogen-bond acceptors (Lipinski definition) is 2. The molecule has 24 heavy (non-hydrogen) atoms. The van der Waals surface area contributed by atoms with Crippen LogP contribution in [0.5, 0.6) is 0 Å². The highest BCUT2D eigenvalue weighted by Crippen LogP contribution is 2.57. The number of carbonyl (C=O) groups is 1. The summed E-state index contributed by atoms with van der Waals surface area (Å²) in [6, 6.07) is 5.66. The van der Waals surface area contributed by atoms with Crippen molar-refractivity contribution in [2.75, 3.05) is 18.9 Å². The average molecular weight is 347 g/mol. The number of benzene rings is 1. The van der Waals surface area contributed by atoms with Gasteiger partial charge in [0, 0.05) is 16.2 Å². The summed E-state index contributed by atoms with van der Waals surface area (Å²) in [6.07, 6.45) is 8.17. The van der Waals surface area contributed by atoms with Crippen molar-refractivity contribution in [3.8, 4) is 0 Å². The number of hydrogen-bond donors (Lipinski definition) is 1. The molecule has 4 aliphatic carbocycles. The number of rotatable bonds is 4. The highest BCUT2D eigenvalue weighted by molar-refractivity contribution is 6.31. The molecule has 0 atom stereocenters. The van der Waals surface area contributed by atoms with E-state index in [1.165, 1.54) is 38.5 Å². The SMILES string of the molecule is Cc1c(Cl)cccc1NC(=O)CN(C)C12CC3CC(CC(C3)C1)C2. The van der Waals surface area contributed by atoms with E-state index in [0.29, 0.717) is 11.6 Å². The van der Waals surface area contributed by atoms with Crippen molar-refractivity contribution < 1.29 is 4.79 Å². The lowest BCUT2D eigenvalue weighted by Gasteiger charge is -2.59. The van der Waals surface area contributed by atoms with E-state index in [9.17, 15) is 4.79 Å². The molecule has 0 heterocycles. The standard InChI is InChI=1S/C20H27ClN2O/c1-13-17(21)4-3-5-18(13)22-19(24)12-23(2)20-9-14-6-15(10-20)8-16(7-14)11-20/h3-5,14-16H,6-12H2,1-2H3,(H,22,24). The normalized spacial score (nSPS) is 33.9. The first-order valence-corrected chi connectivity index (χ1v) is 9.59. The smallest absolute Gasteiger partial charge is 0.238 e. The molecular weight excluding hydrogens is 320 g/mol. The van der Waals surface area contributed by atoms with Crippen LogP contribution in [-0.2, 0) is 4.79 Å². The molecule has 4 heteroatoms. The van der Waals surface area contributed by atoms with E-state index in [1.54, 1.807) is 0 Å². The van der Waals surface area contributed by atoms with Gasteiger partial charge in [-0.2, -0.15) is 0 Å². The van der Waals surface area contributed by atoms with E-state index in [4.69, 9.17) is 11.6 Å². The molecule has 5 rings (SSSR count). The third-order valence-electron chi connectivity index (χ3n) is 6.74. The molecule has 1 aromatic carbocycles.